The van der Waals surface area contributed by atoms with Crippen molar-refractivity contribution in [2.45, 2.75) is 13.0 Å². The van der Waals surface area contributed by atoms with Gasteiger partial charge in [0, 0.05) is 11.2 Å². The van der Waals surface area contributed by atoms with Crippen LogP contribution in [0, 0.1) is 10.1 Å². The van der Waals surface area contributed by atoms with Crippen LogP contribution in [0.3, 0.4) is 0 Å². The van der Waals surface area contributed by atoms with E-state index in [0.717, 1.165) is 9.96 Å². The molecule has 1 unspecified atom stereocenters. The number of benzene rings is 1. The number of rotatable bonds is 4. The van der Waals surface area contributed by atoms with Gasteiger partial charge < -0.3 is 5.32 Å². The van der Waals surface area contributed by atoms with Crippen LogP contribution in [-0.4, -0.2) is 14.3 Å². The van der Waals surface area contributed by atoms with Crippen molar-refractivity contribution in [3.63, 3.8) is 0 Å². The van der Waals surface area contributed by atoms with Crippen LogP contribution in [0.2, 0.25) is 5.02 Å². The van der Waals surface area contributed by atoms with Gasteiger partial charge in [-0.25, -0.2) is 4.98 Å². The molecule has 2 heterocycles. The zero-order valence-electron chi connectivity index (χ0n) is 12.6. The first-order chi connectivity index (χ1) is 11.5. The zero-order chi connectivity index (χ0) is 17.3. The number of nitrogens with one attached hydrogen (secondary N) is 1. The Kier molecular flexibility index (Phi) is 4.18. The average Bonchev–Trinajstić information content (AvgIpc) is 2.54. The predicted molar refractivity (Wildman–Crippen MR) is 91.6 cm³/mol. The lowest BCUT2D eigenvalue weighted by Gasteiger charge is -2.15. The minimum absolute atomic E-state index is 0.0660. The van der Waals surface area contributed by atoms with E-state index in [4.69, 9.17) is 11.6 Å². The Morgan fingerprint density at radius 1 is 1.29 bits per heavy atom. The van der Waals surface area contributed by atoms with Gasteiger partial charge in [0.25, 0.3) is 0 Å². The summed E-state index contributed by atoms with van der Waals surface area (Å²) in [6, 6.07) is 11.7. The summed E-state index contributed by atoms with van der Waals surface area (Å²) in [4.78, 5) is 27.2. The van der Waals surface area contributed by atoms with Crippen LogP contribution in [-0.2, 0) is 0 Å². The molecule has 0 aliphatic carbocycles. The van der Waals surface area contributed by atoms with Crippen molar-refractivity contribution in [2.75, 3.05) is 5.32 Å². The quantitative estimate of drug-likeness (QED) is 0.578. The number of hydrogen-bond acceptors (Lipinski definition) is 5. The van der Waals surface area contributed by atoms with Crippen molar-refractivity contribution in [1.82, 2.24) is 9.38 Å². The molecule has 1 N–H and O–H groups in total. The largest absolute Gasteiger partial charge is 0.376 e. The molecular formula is C16H13ClN4O3. The lowest BCUT2D eigenvalue weighted by Crippen LogP contribution is -2.22. The number of pyridine rings is 1. The second-order valence-electron chi connectivity index (χ2n) is 5.22. The Balaban J connectivity index is 2.10. The maximum absolute atomic E-state index is 12.4. The standard InChI is InChI=1S/C16H13ClN4O3/c1-10(11-5-4-6-12(17)9-11)18-15-14(21(23)24)16(22)20-8-3-2-7-13(20)19-15/h2-10,18H,1H3. The van der Waals surface area contributed by atoms with Crippen LogP contribution in [0.4, 0.5) is 11.5 Å². The monoisotopic (exact) mass is 344 g/mol. The van der Waals surface area contributed by atoms with Crippen LogP contribution in [0.15, 0.2) is 53.5 Å². The van der Waals surface area contributed by atoms with E-state index in [0.29, 0.717) is 10.7 Å². The van der Waals surface area contributed by atoms with Crippen molar-refractivity contribution in [2.24, 2.45) is 0 Å². The molecule has 3 aromatic rings. The van der Waals surface area contributed by atoms with Crippen molar-refractivity contribution >= 4 is 28.8 Å². The van der Waals surface area contributed by atoms with Crippen molar-refractivity contribution in [3.05, 3.63) is 79.7 Å². The fraction of sp³-hybridized carbons (Fsp3) is 0.125. The number of anilines is 1. The van der Waals surface area contributed by atoms with Crippen LogP contribution in [0.1, 0.15) is 18.5 Å². The van der Waals surface area contributed by atoms with Crippen molar-refractivity contribution < 1.29 is 4.92 Å². The maximum Gasteiger partial charge on any atom is 0.376 e. The molecule has 2 aromatic heterocycles. The van der Waals surface area contributed by atoms with E-state index in [9.17, 15) is 14.9 Å². The summed E-state index contributed by atoms with van der Waals surface area (Å²) in [6.45, 7) is 1.81. The molecule has 0 aliphatic rings. The lowest BCUT2D eigenvalue weighted by atomic mass is 10.1. The molecule has 1 aromatic carbocycles. The van der Waals surface area contributed by atoms with Gasteiger partial charge in [0.1, 0.15) is 5.65 Å². The van der Waals surface area contributed by atoms with E-state index in [1.165, 1.54) is 6.20 Å². The van der Waals surface area contributed by atoms with E-state index in [1.807, 2.05) is 13.0 Å². The molecule has 0 saturated carbocycles. The first-order valence-corrected chi connectivity index (χ1v) is 7.53. The van der Waals surface area contributed by atoms with Crippen LogP contribution < -0.4 is 10.9 Å². The number of halogens is 1. The highest BCUT2D eigenvalue weighted by Gasteiger charge is 2.24. The zero-order valence-corrected chi connectivity index (χ0v) is 13.4. The highest BCUT2D eigenvalue weighted by molar-refractivity contribution is 6.30. The summed E-state index contributed by atoms with van der Waals surface area (Å²) in [5.74, 6) is -0.0660. The molecule has 0 fully saturated rings. The van der Waals surface area contributed by atoms with Gasteiger partial charge >= 0.3 is 11.2 Å². The Labute approximate surface area is 141 Å². The molecule has 1 atom stereocenters. The highest BCUT2D eigenvalue weighted by atomic mass is 35.5. The highest BCUT2D eigenvalue weighted by Crippen LogP contribution is 2.25. The minimum Gasteiger partial charge on any atom is -0.358 e. The first-order valence-electron chi connectivity index (χ1n) is 7.15. The molecule has 0 spiro atoms. The SMILES string of the molecule is CC(Nc1nc2ccccn2c(=O)c1[N+](=O)[O-])c1cccc(Cl)c1. The Hall–Kier alpha value is -2.93. The van der Waals surface area contributed by atoms with Gasteiger partial charge in [0.15, 0.2) is 0 Å². The predicted octanol–water partition coefficient (Wildman–Crippen LogP) is 3.43. The Morgan fingerprint density at radius 2 is 2.08 bits per heavy atom. The first kappa shape index (κ1) is 15.9. The van der Waals surface area contributed by atoms with Crippen molar-refractivity contribution in [1.29, 1.82) is 0 Å². The molecule has 0 bridgehead atoms. The molecule has 0 amide bonds. The third-order valence-corrected chi connectivity index (χ3v) is 3.83. The summed E-state index contributed by atoms with van der Waals surface area (Å²) in [6.07, 6.45) is 1.45. The average molecular weight is 345 g/mol. The Bertz CT molecular complexity index is 986. The second kappa shape index (κ2) is 6.29. The second-order valence-corrected chi connectivity index (χ2v) is 5.66. The summed E-state index contributed by atoms with van der Waals surface area (Å²) >= 11 is 5.97. The number of aromatic nitrogens is 2. The van der Waals surface area contributed by atoms with Crippen LogP contribution in [0.5, 0.6) is 0 Å². The van der Waals surface area contributed by atoms with Gasteiger partial charge in [-0.2, -0.15) is 0 Å². The summed E-state index contributed by atoms with van der Waals surface area (Å²) in [5, 5.41) is 14.9. The molecule has 8 heteroatoms. The molecule has 0 aliphatic heterocycles. The normalized spacial score (nSPS) is 12.1. The van der Waals surface area contributed by atoms with Gasteiger partial charge in [-0.1, -0.05) is 29.8 Å². The third kappa shape index (κ3) is 2.93. The number of hydrogen-bond donors (Lipinski definition) is 1. The summed E-state index contributed by atoms with van der Waals surface area (Å²) in [5.41, 5.74) is -0.167. The van der Waals surface area contributed by atoms with Gasteiger partial charge in [-0.05, 0) is 36.8 Å². The molecular weight excluding hydrogens is 332 g/mol. The summed E-state index contributed by atoms with van der Waals surface area (Å²) in [7, 11) is 0. The van der Waals surface area contributed by atoms with Crippen LogP contribution >= 0.6 is 11.6 Å². The Morgan fingerprint density at radius 3 is 2.79 bits per heavy atom. The van der Waals surface area contributed by atoms with E-state index in [-0.39, 0.29) is 11.9 Å². The fourth-order valence-corrected chi connectivity index (χ4v) is 2.61. The van der Waals surface area contributed by atoms with Gasteiger partial charge in [0.2, 0.25) is 5.82 Å². The number of nitro groups is 1. The topological polar surface area (TPSA) is 89.5 Å². The third-order valence-electron chi connectivity index (χ3n) is 3.59. The molecule has 0 radical (unpaired) electrons. The van der Waals surface area contributed by atoms with E-state index in [1.54, 1.807) is 36.4 Å². The van der Waals surface area contributed by atoms with E-state index >= 15 is 0 Å². The number of nitrogens with zero attached hydrogens (tertiary/aromatic N) is 3. The van der Waals surface area contributed by atoms with Gasteiger partial charge in [-0.15, -0.1) is 0 Å². The van der Waals surface area contributed by atoms with Gasteiger partial charge in [-0.3, -0.25) is 19.3 Å². The molecule has 7 nitrogen and oxygen atoms in total. The molecule has 0 saturated heterocycles. The fourth-order valence-electron chi connectivity index (χ4n) is 2.41. The minimum atomic E-state index is -0.730. The van der Waals surface area contributed by atoms with Gasteiger partial charge in [0.05, 0.1) is 11.0 Å². The molecule has 122 valence electrons. The van der Waals surface area contributed by atoms with Crippen molar-refractivity contribution in [3.8, 4) is 0 Å². The smallest absolute Gasteiger partial charge is 0.358 e. The molecule has 24 heavy (non-hydrogen) atoms. The van der Waals surface area contributed by atoms with E-state index < -0.39 is 16.2 Å². The maximum atomic E-state index is 12.4. The lowest BCUT2D eigenvalue weighted by molar-refractivity contribution is -0.385. The summed E-state index contributed by atoms with van der Waals surface area (Å²) < 4.78 is 1.15. The molecule has 3 rings (SSSR count). The van der Waals surface area contributed by atoms with E-state index in [2.05, 4.69) is 10.3 Å². The van der Waals surface area contributed by atoms with Crippen LogP contribution in [0.25, 0.3) is 5.65 Å². The number of fused-ring (bicyclic) bond motifs is 1.